The Hall–Kier alpha value is -1.58. The summed E-state index contributed by atoms with van der Waals surface area (Å²) in [6, 6.07) is 1.80. The van der Waals surface area contributed by atoms with Crippen LogP contribution in [0, 0.1) is 0 Å². The minimum atomic E-state index is 0.103. The van der Waals surface area contributed by atoms with Crippen LogP contribution in [0.2, 0.25) is 0 Å². The van der Waals surface area contributed by atoms with E-state index in [2.05, 4.69) is 9.97 Å². The van der Waals surface area contributed by atoms with Gasteiger partial charge in [-0.25, -0.2) is 4.98 Å². The first-order valence-corrected chi connectivity index (χ1v) is 4.93. The quantitative estimate of drug-likeness (QED) is 0.673. The van der Waals surface area contributed by atoms with Crippen LogP contribution in [-0.4, -0.2) is 14.5 Å². The second kappa shape index (κ2) is 2.70. The molecule has 1 aliphatic heterocycles. The van der Waals surface area contributed by atoms with Crippen molar-refractivity contribution < 1.29 is 0 Å². The summed E-state index contributed by atoms with van der Waals surface area (Å²) in [5, 5.41) is 0.704. The molecule has 0 fully saturated rings. The number of hydrogen-bond acceptors (Lipinski definition) is 2. The Balaban J connectivity index is 2.42. The molecule has 0 bridgehead atoms. The highest BCUT2D eigenvalue weighted by atomic mass is 16.1. The fourth-order valence-corrected chi connectivity index (χ4v) is 2.05. The second-order valence-corrected chi connectivity index (χ2v) is 3.68. The number of rotatable bonds is 0. The topological polar surface area (TPSA) is 50.7 Å². The molecule has 14 heavy (non-hydrogen) atoms. The average molecular weight is 189 g/mol. The Morgan fingerprint density at radius 3 is 3.29 bits per heavy atom. The van der Waals surface area contributed by atoms with Crippen molar-refractivity contribution in [3.8, 4) is 0 Å². The van der Waals surface area contributed by atoms with Crippen molar-refractivity contribution in [1.29, 1.82) is 0 Å². The van der Waals surface area contributed by atoms with Gasteiger partial charge in [0.1, 0.15) is 11.5 Å². The third-order valence-corrected chi connectivity index (χ3v) is 2.79. The van der Waals surface area contributed by atoms with E-state index in [1.807, 2.05) is 0 Å². The minimum absolute atomic E-state index is 0.103. The first kappa shape index (κ1) is 7.79. The Morgan fingerprint density at radius 1 is 1.43 bits per heavy atom. The van der Waals surface area contributed by atoms with Crippen LogP contribution in [0.25, 0.3) is 11.0 Å². The fraction of sp³-hybridized carbons (Fsp3) is 0.400. The SMILES string of the molecule is O=c1c2cc[nH]c2nc2n1CCCC2. The van der Waals surface area contributed by atoms with Crippen LogP contribution in [0.1, 0.15) is 18.7 Å². The minimum Gasteiger partial charge on any atom is -0.346 e. The molecule has 0 amide bonds. The summed E-state index contributed by atoms with van der Waals surface area (Å²) in [7, 11) is 0. The molecule has 0 spiro atoms. The van der Waals surface area contributed by atoms with Crippen LogP contribution in [0.15, 0.2) is 17.1 Å². The lowest BCUT2D eigenvalue weighted by Crippen LogP contribution is -2.27. The van der Waals surface area contributed by atoms with Gasteiger partial charge in [-0.15, -0.1) is 0 Å². The summed E-state index contributed by atoms with van der Waals surface area (Å²) in [6.45, 7) is 0.822. The number of aromatic amines is 1. The Bertz CT molecular complexity index is 538. The predicted molar refractivity (Wildman–Crippen MR) is 53.3 cm³/mol. The summed E-state index contributed by atoms with van der Waals surface area (Å²) in [5.74, 6) is 0.927. The number of hydrogen-bond donors (Lipinski definition) is 1. The van der Waals surface area contributed by atoms with Gasteiger partial charge in [-0.2, -0.15) is 0 Å². The van der Waals surface area contributed by atoms with Crippen LogP contribution < -0.4 is 5.56 Å². The zero-order chi connectivity index (χ0) is 9.54. The maximum absolute atomic E-state index is 11.9. The molecule has 3 rings (SSSR count). The number of H-pyrrole nitrogens is 1. The summed E-state index contributed by atoms with van der Waals surface area (Å²) in [4.78, 5) is 19.4. The molecule has 0 saturated carbocycles. The molecular formula is C10H11N3O. The second-order valence-electron chi connectivity index (χ2n) is 3.68. The fourth-order valence-electron chi connectivity index (χ4n) is 2.05. The molecule has 4 heteroatoms. The molecule has 1 aliphatic rings. The van der Waals surface area contributed by atoms with Gasteiger partial charge in [0.2, 0.25) is 0 Å². The van der Waals surface area contributed by atoms with Crippen LogP contribution in [-0.2, 0) is 13.0 Å². The van der Waals surface area contributed by atoms with E-state index in [4.69, 9.17) is 0 Å². The van der Waals surface area contributed by atoms with E-state index in [1.165, 1.54) is 0 Å². The zero-order valence-corrected chi connectivity index (χ0v) is 7.79. The van der Waals surface area contributed by atoms with E-state index < -0.39 is 0 Å². The van der Waals surface area contributed by atoms with Crippen molar-refractivity contribution in [2.24, 2.45) is 0 Å². The van der Waals surface area contributed by atoms with E-state index in [0.717, 1.165) is 37.3 Å². The lowest BCUT2D eigenvalue weighted by molar-refractivity contribution is 0.501. The van der Waals surface area contributed by atoms with Gasteiger partial charge in [0.25, 0.3) is 5.56 Å². The molecule has 0 saturated heterocycles. The number of fused-ring (bicyclic) bond motifs is 2. The average Bonchev–Trinajstić information content (AvgIpc) is 2.66. The third kappa shape index (κ3) is 0.937. The molecule has 1 N–H and O–H groups in total. The van der Waals surface area contributed by atoms with E-state index in [1.54, 1.807) is 16.8 Å². The third-order valence-electron chi connectivity index (χ3n) is 2.79. The predicted octanol–water partition coefficient (Wildman–Crippen LogP) is 1.06. The van der Waals surface area contributed by atoms with Crippen molar-refractivity contribution in [3.63, 3.8) is 0 Å². The van der Waals surface area contributed by atoms with Gasteiger partial charge < -0.3 is 4.98 Å². The molecule has 2 aromatic rings. The van der Waals surface area contributed by atoms with Gasteiger partial charge in [-0.3, -0.25) is 9.36 Å². The highest BCUT2D eigenvalue weighted by molar-refractivity contribution is 5.74. The van der Waals surface area contributed by atoms with Crippen molar-refractivity contribution in [1.82, 2.24) is 14.5 Å². The molecule has 0 aromatic carbocycles. The van der Waals surface area contributed by atoms with E-state index >= 15 is 0 Å². The smallest absolute Gasteiger partial charge is 0.263 e. The Morgan fingerprint density at radius 2 is 2.36 bits per heavy atom. The lowest BCUT2D eigenvalue weighted by Gasteiger charge is -2.16. The van der Waals surface area contributed by atoms with Gasteiger partial charge in [-0.05, 0) is 18.9 Å². The van der Waals surface area contributed by atoms with Crippen LogP contribution in [0.5, 0.6) is 0 Å². The maximum Gasteiger partial charge on any atom is 0.263 e. The number of aromatic nitrogens is 3. The van der Waals surface area contributed by atoms with Crippen molar-refractivity contribution in [3.05, 3.63) is 28.4 Å². The van der Waals surface area contributed by atoms with Gasteiger partial charge in [0.15, 0.2) is 0 Å². The first-order valence-electron chi connectivity index (χ1n) is 4.93. The van der Waals surface area contributed by atoms with Gasteiger partial charge >= 0.3 is 0 Å². The van der Waals surface area contributed by atoms with Crippen molar-refractivity contribution in [2.75, 3.05) is 0 Å². The highest BCUT2D eigenvalue weighted by Crippen LogP contribution is 2.13. The van der Waals surface area contributed by atoms with Crippen molar-refractivity contribution in [2.45, 2.75) is 25.8 Å². The summed E-state index contributed by atoms with van der Waals surface area (Å²) >= 11 is 0. The van der Waals surface area contributed by atoms with Gasteiger partial charge in [0, 0.05) is 19.2 Å². The number of nitrogens with zero attached hydrogens (tertiary/aromatic N) is 2. The molecule has 72 valence electrons. The van der Waals surface area contributed by atoms with E-state index in [9.17, 15) is 4.79 Å². The standard InChI is InChI=1S/C10H11N3O/c14-10-7-4-5-11-9(7)12-8-3-1-2-6-13(8)10/h4-5,11H,1-3,6H2. The monoisotopic (exact) mass is 189 g/mol. The normalized spacial score (nSPS) is 15.7. The van der Waals surface area contributed by atoms with E-state index in [-0.39, 0.29) is 5.56 Å². The van der Waals surface area contributed by atoms with Crippen molar-refractivity contribution >= 4 is 11.0 Å². The largest absolute Gasteiger partial charge is 0.346 e. The lowest BCUT2D eigenvalue weighted by atomic mass is 10.1. The molecule has 0 atom stereocenters. The summed E-state index contributed by atoms with van der Waals surface area (Å²) in [5.41, 5.74) is 0.828. The maximum atomic E-state index is 11.9. The molecular weight excluding hydrogens is 178 g/mol. The summed E-state index contributed by atoms with van der Waals surface area (Å²) < 4.78 is 1.81. The number of aryl methyl sites for hydroxylation is 1. The Kier molecular flexibility index (Phi) is 1.50. The molecule has 0 aliphatic carbocycles. The molecule has 0 radical (unpaired) electrons. The first-order chi connectivity index (χ1) is 6.86. The number of nitrogens with one attached hydrogen (secondary N) is 1. The van der Waals surface area contributed by atoms with Crippen LogP contribution in [0.4, 0.5) is 0 Å². The molecule has 3 heterocycles. The van der Waals surface area contributed by atoms with E-state index in [0.29, 0.717) is 5.39 Å². The molecule has 4 nitrogen and oxygen atoms in total. The molecule has 0 unspecified atom stereocenters. The van der Waals surface area contributed by atoms with Gasteiger partial charge in [-0.1, -0.05) is 0 Å². The highest BCUT2D eigenvalue weighted by Gasteiger charge is 2.14. The van der Waals surface area contributed by atoms with Gasteiger partial charge in [0.05, 0.1) is 5.39 Å². The van der Waals surface area contributed by atoms with Crippen LogP contribution >= 0.6 is 0 Å². The Labute approximate surface area is 80.6 Å². The zero-order valence-electron chi connectivity index (χ0n) is 7.79. The molecule has 2 aromatic heterocycles. The van der Waals surface area contributed by atoms with Crippen LogP contribution in [0.3, 0.4) is 0 Å². The summed E-state index contributed by atoms with van der Waals surface area (Å²) in [6.07, 6.45) is 4.92.